The summed E-state index contributed by atoms with van der Waals surface area (Å²) in [6.45, 7) is 5.03. The van der Waals surface area contributed by atoms with Crippen molar-refractivity contribution >= 4 is 17.6 Å². The molecule has 0 saturated carbocycles. The number of hydrogen-bond donors (Lipinski definition) is 3. The second-order valence-corrected chi connectivity index (χ2v) is 7.21. The fourth-order valence-corrected chi connectivity index (χ4v) is 2.78. The maximum atomic E-state index is 11.7. The molecule has 0 aliphatic heterocycles. The van der Waals surface area contributed by atoms with Crippen LogP contribution in [-0.4, -0.2) is 46.6 Å². The van der Waals surface area contributed by atoms with Crippen LogP contribution in [0.15, 0.2) is 47.6 Å². The third-order valence-corrected chi connectivity index (χ3v) is 4.38. The molecule has 33 heavy (non-hydrogen) atoms. The van der Waals surface area contributed by atoms with Crippen LogP contribution in [0.3, 0.4) is 0 Å². The zero-order valence-corrected chi connectivity index (χ0v) is 18.6. The highest BCUT2D eigenvalue weighted by atomic mass is 16.5. The third-order valence-electron chi connectivity index (χ3n) is 4.38. The Bertz CT molecular complexity index is 1180. The van der Waals surface area contributed by atoms with E-state index in [1.165, 1.54) is 13.2 Å². The van der Waals surface area contributed by atoms with Gasteiger partial charge in [-0.1, -0.05) is 0 Å². The van der Waals surface area contributed by atoms with Crippen LogP contribution in [-0.2, 0) is 9.53 Å². The molecule has 10 heteroatoms. The number of carbonyl (C=O) groups is 2. The lowest BCUT2D eigenvalue weighted by molar-refractivity contribution is -0.123. The first-order valence-electron chi connectivity index (χ1n) is 9.95. The van der Waals surface area contributed by atoms with E-state index in [0.29, 0.717) is 45.5 Å². The Kier molecular flexibility index (Phi) is 7.29. The van der Waals surface area contributed by atoms with Gasteiger partial charge in [0.1, 0.15) is 22.9 Å². The number of hydrazone groups is 1. The quantitative estimate of drug-likeness (QED) is 0.270. The molecular formula is C23H24N4O6. The fraction of sp³-hybridized carbons (Fsp3) is 0.217. The van der Waals surface area contributed by atoms with E-state index in [1.807, 2.05) is 0 Å². The van der Waals surface area contributed by atoms with Crippen molar-refractivity contribution in [3.8, 4) is 34.3 Å². The molecule has 172 valence electrons. The van der Waals surface area contributed by atoms with E-state index in [-0.39, 0.29) is 12.4 Å². The number of phenols is 1. The number of rotatable bonds is 8. The topological polar surface area (TPSA) is 135 Å². The van der Waals surface area contributed by atoms with Crippen molar-refractivity contribution in [3.63, 3.8) is 0 Å². The molecule has 3 rings (SSSR count). The molecule has 0 aliphatic rings. The predicted octanol–water partition coefficient (Wildman–Crippen LogP) is 3.56. The standard InChI is InChI=1S/C23H24N4O6/c1-13(2)24-26-20(29)12-32-17-9-10-18(19(28)11-17)21-22(14(3)25-27-21)33-16-7-5-15(6-8-16)23(30)31-4/h5-11,28H,12H2,1-4H3,(H,25,27)(H,26,29). The minimum absolute atomic E-state index is 0.104. The number of aromatic amines is 1. The summed E-state index contributed by atoms with van der Waals surface area (Å²) in [6, 6.07) is 11.0. The van der Waals surface area contributed by atoms with Crippen LogP contribution in [0.2, 0.25) is 0 Å². The predicted molar refractivity (Wildman–Crippen MR) is 121 cm³/mol. The van der Waals surface area contributed by atoms with E-state index in [9.17, 15) is 14.7 Å². The number of carbonyl (C=O) groups excluding carboxylic acids is 2. The normalized spacial score (nSPS) is 10.3. The molecule has 0 saturated heterocycles. The molecule has 1 heterocycles. The maximum absolute atomic E-state index is 11.7. The van der Waals surface area contributed by atoms with Crippen molar-refractivity contribution in [1.82, 2.24) is 15.6 Å². The summed E-state index contributed by atoms with van der Waals surface area (Å²) in [5.41, 5.74) is 4.90. The highest BCUT2D eigenvalue weighted by Crippen LogP contribution is 2.39. The molecule has 0 radical (unpaired) electrons. The molecular weight excluding hydrogens is 428 g/mol. The Morgan fingerprint density at radius 2 is 1.82 bits per heavy atom. The molecule has 1 aromatic heterocycles. The van der Waals surface area contributed by atoms with Crippen LogP contribution < -0.4 is 14.9 Å². The van der Waals surface area contributed by atoms with Crippen molar-refractivity contribution in [3.05, 3.63) is 53.7 Å². The molecule has 2 aromatic carbocycles. The molecule has 10 nitrogen and oxygen atoms in total. The average molecular weight is 452 g/mol. The number of H-pyrrole nitrogens is 1. The van der Waals surface area contributed by atoms with Gasteiger partial charge in [0.05, 0.1) is 18.4 Å². The number of ether oxygens (including phenoxy) is 3. The Balaban J connectivity index is 1.76. The lowest BCUT2D eigenvalue weighted by Crippen LogP contribution is -2.25. The van der Waals surface area contributed by atoms with Crippen molar-refractivity contribution < 1.29 is 28.9 Å². The second-order valence-electron chi connectivity index (χ2n) is 7.21. The number of esters is 1. The Morgan fingerprint density at radius 3 is 2.45 bits per heavy atom. The minimum atomic E-state index is -0.445. The summed E-state index contributed by atoms with van der Waals surface area (Å²) in [6.07, 6.45) is 0. The van der Waals surface area contributed by atoms with Crippen LogP contribution in [0, 0.1) is 6.92 Å². The van der Waals surface area contributed by atoms with Gasteiger partial charge in [-0.05, 0) is 57.2 Å². The lowest BCUT2D eigenvalue weighted by Gasteiger charge is -2.10. The first-order valence-corrected chi connectivity index (χ1v) is 9.95. The smallest absolute Gasteiger partial charge is 0.337 e. The molecule has 1 amide bonds. The lowest BCUT2D eigenvalue weighted by atomic mass is 10.1. The van der Waals surface area contributed by atoms with E-state index in [4.69, 9.17) is 14.2 Å². The zero-order valence-electron chi connectivity index (χ0n) is 18.6. The number of aryl methyl sites for hydroxylation is 1. The summed E-state index contributed by atoms with van der Waals surface area (Å²) in [4.78, 5) is 23.3. The van der Waals surface area contributed by atoms with Crippen LogP contribution in [0.25, 0.3) is 11.3 Å². The van der Waals surface area contributed by atoms with E-state index >= 15 is 0 Å². The van der Waals surface area contributed by atoms with Crippen molar-refractivity contribution in [2.75, 3.05) is 13.7 Å². The molecule has 0 fully saturated rings. The third kappa shape index (κ3) is 5.88. The number of hydrogen-bond acceptors (Lipinski definition) is 8. The molecule has 0 unspecified atom stereocenters. The number of amides is 1. The summed E-state index contributed by atoms with van der Waals surface area (Å²) < 4.78 is 16.1. The van der Waals surface area contributed by atoms with Gasteiger partial charge in [-0.25, -0.2) is 10.2 Å². The van der Waals surface area contributed by atoms with E-state index in [1.54, 1.807) is 57.2 Å². The average Bonchev–Trinajstić information content (AvgIpc) is 3.16. The SMILES string of the molecule is COC(=O)c1ccc(Oc2c(-c3ccc(OCC(=O)NN=C(C)C)cc3O)n[nH]c2C)cc1. The van der Waals surface area contributed by atoms with Gasteiger partial charge in [0.25, 0.3) is 5.91 Å². The van der Waals surface area contributed by atoms with Gasteiger partial charge in [0.15, 0.2) is 12.4 Å². The van der Waals surface area contributed by atoms with Gasteiger partial charge < -0.3 is 19.3 Å². The van der Waals surface area contributed by atoms with Gasteiger partial charge in [-0.15, -0.1) is 0 Å². The van der Waals surface area contributed by atoms with Crippen molar-refractivity contribution in [2.24, 2.45) is 5.10 Å². The van der Waals surface area contributed by atoms with E-state index in [2.05, 4.69) is 20.7 Å². The van der Waals surface area contributed by atoms with Crippen molar-refractivity contribution in [2.45, 2.75) is 20.8 Å². The van der Waals surface area contributed by atoms with Gasteiger partial charge in [-0.3, -0.25) is 9.89 Å². The Morgan fingerprint density at radius 1 is 1.12 bits per heavy atom. The number of benzene rings is 2. The Labute approximate surface area is 190 Å². The number of aromatic nitrogens is 2. The van der Waals surface area contributed by atoms with E-state index < -0.39 is 11.9 Å². The minimum Gasteiger partial charge on any atom is -0.507 e. The number of nitrogens with one attached hydrogen (secondary N) is 2. The van der Waals surface area contributed by atoms with Crippen LogP contribution >= 0.6 is 0 Å². The molecule has 0 bridgehead atoms. The second kappa shape index (κ2) is 10.3. The van der Waals surface area contributed by atoms with Crippen molar-refractivity contribution in [1.29, 1.82) is 0 Å². The number of methoxy groups -OCH3 is 1. The maximum Gasteiger partial charge on any atom is 0.337 e. The number of nitrogens with zero attached hydrogens (tertiary/aromatic N) is 2. The summed E-state index contributed by atoms with van der Waals surface area (Å²) >= 11 is 0. The van der Waals surface area contributed by atoms with Gasteiger partial charge in [0, 0.05) is 17.3 Å². The Hall–Kier alpha value is -4.34. The van der Waals surface area contributed by atoms with Crippen LogP contribution in [0.5, 0.6) is 23.0 Å². The monoisotopic (exact) mass is 452 g/mol. The number of aromatic hydroxyl groups is 1. The van der Waals surface area contributed by atoms with Crippen LogP contribution in [0.1, 0.15) is 29.9 Å². The molecule has 0 atom stereocenters. The summed E-state index contributed by atoms with van der Waals surface area (Å²) in [5, 5.41) is 21.4. The van der Waals surface area contributed by atoms with Gasteiger partial charge in [-0.2, -0.15) is 10.2 Å². The highest BCUT2D eigenvalue weighted by molar-refractivity contribution is 5.89. The number of phenolic OH excluding ortho intramolecular Hbond substituents is 1. The molecule has 0 aliphatic carbocycles. The molecule has 3 aromatic rings. The largest absolute Gasteiger partial charge is 0.507 e. The first-order chi connectivity index (χ1) is 15.8. The van der Waals surface area contributed by atoms with Crippen LogP contribution in [0.4, 0.5) is 0 Å². The van der Waals surface area contributed by atoms with Gasteiger partial charge >= 0.3 is 5.97 Å². The van der Waals surface area contributed by atoms with Gasteiger partial charge in [0.2, 0.25) is 0 Å². The molecule has 0 spiro atoms. The van der Waals surface area contributed by atoms with E-state index in [0.717, 1.165) is 0 Å². The fourth-order valence-electron chi connectivity index (χ4n) is 2.78. The summed E-state index contributed by atoms with van der Waals surface area (Å²) in [5.74, 6) is 0.224. The summed E-state index contributed by atoms with van der Waals surface area (Å²) in [7, 11) is 1.31. The molecule has 3 N–H and O–H groups in total. The zero-order chi connectivity index (χ0) is 24.0. The highest BCUT2D eigenvalue weighted by Gasteiger charge is 2.19. The first kappa shape index (κ1) is 23.3.